The van der Waals surface area contributed by atoms with Crippen LogP contribution in [0.1, 0.15) is 18.5 Å². The molecule has 6 heteroatoms. The van der Waals surface area contributed by atoms with Crippen LogP contribution in [-0.2, 0) is 11.2 Å². The zero-order valence-electron chi connectivity index (χ0n) is 12.4. The van der Waals surface area contributed by atoms with E-state index in [4.69, 9.17) is 5.73 Å². The molecular weight excluding hydrogens is 296 g/mol. The minimum Gasteiger partial charge on any atom is -0.342 e. The number of thiazole rings is 1. The van der Waals surface area contributed by atoms with Gasteiger partial charge < -0.3 is 10.6 Å². The predicted octanol–water partition coefficient (Wildman–Crippen LogP) is 1.94. The first-order valence-corrected chi connectivity index (χ1v) is 8.47. The fourth-order valence-electron chi connectivity index (χ4n) is 2.69. The Kier molecular flexibility index (Phi) is 4.80. The van der Waals surface area contributed by atoms with Crippen LogP contribution in [0.2, 0.25) is 0 Å². The summed E-state index contributed by atoms with van der Waals surface area (Å²) in [5, 5.41) is 2.88. The van der Waals surface area contributed by atoms with Crippen molar-refractivity contribution in [3.05, 3.63) is 35.6 Å². The van der Waals surface area contributed by atoms with Gasteiger partial charge in [-0.25, -0.2) is 4.98 Å². The van der Waals surface area contributed by atoms with Crippen LogP contribution in [0.15, 0.2) is 29.9 Å². The molecule has 2 aromatic heterocycles. The number of pyridine rings is 1. The lowest BCUT2D eigenvalue weighted by molar-refractivity contribution is -0.131. The zero-order valence-corrected chi connectivity index (χ0v) is 13.3. The number of amides is 1. The van der Waals surface area contributed by atoms with Gasteiger partial charge in [-0.2, -0.15) is 0 Å². The van der Waals surface area contributed by atoms with Crippen molar-refractivity contribution < 1.29 is 4.79 Å². The summed E-state index contributed by atoms with van der Waals surface area (Å²) < 4.78 is 0. The molecule has 1 aliphatic heterocycles. The zero-order chi connectivity index (χ0) is 15.4. The Balaban J connectivity index is 1.60. The third-order valence-corrected chi connectivity index (χ3v) is 5.03. The third kappa shape index (κ3) is 3.51. The topological polar surface area (TPSA) is 72.1 Å². The van der Waals surface area contributed by atoms with E-state index in [0.717, 1.165) is 48.7 Å². The summed E-state index contributed by atoms with van der Waals surface area (Å²) in [7, 11) is 0. The quantitative estimate of drug-likeness (QED) is 0.936. The molecule has 0 saturated carbocycles. The minimum absolute atomic E-state index is 0.165. The molecular formula is C16H20N4OS. The third-order valence-electron chi connectivity index (χ3n) is 4.09. The van der Waals surface area contributed by atoms with Gasteiger partial charge in [0.2, 0.25) is 5.91 Å². The highest BCUT2D eigenvalue weighted by Gasteiger charge is 2.22. The maximum absolute atomic E-state index is 12.4. The van der Waals surface area contributed by atoms with Crippen LogP contribution in [0.3, 0.4) is 0 Å². The van der Waals surface area contributed by atoms with Gasteiger partial charge in [0.15, 0.2) is 0 Å². The van der Waals surface area contributed by atoms with Crippen molar-refractivity contribution in [3.63, 3.8) is 0 Å². The van der Waals surface area contributed by atoms with Crippen LogP contribution < -0.4 is 5.73 Å². The number of hydrogen-bond acceptors (Lipinski definition) is 5. The molecule has 0 atom stereocenters. The number of carbonyl (C=O) groups excluding carboxylic acids is 1. The van der Waals surface area contributed by atoms with E-state index in [1.165, 1.54) is 0 Å². The summed E-state index contributed by atoms with van der Waals surface area (Å²) in [6.07, 6.45) is 5.94. The molecule has 0 bridgehead atoms. The molecule has 2 aromatic rings. The van der Waals surface area contributed by atoms with Crippen LogP contribution in [-0.4, -0.2) is 40.4 Å². The fraction of sp³-hybridized carbons (Fsp3) is 0.438. The minimum atomic E-state index is 0.165. The second kappa shape index (κ2) is 6.98. The van der Waals surface area contributed by atoms with Crippen LogP contribution in [0.25, 0.3) is 10.6 Å². The molecule has 5 nitrogen and oxygen atoms in total. The van der Waals surface area contributed by atoms with Crippen molar-refractivity contribution in [2.24, 2.45) is 11.7 Å². The Morgan fingerprint density at radius 2 is 2.23 bits per heavy atom. The molecule has 116 valence electrons. The van der Waals surface area contributed by atoms with E-state index in [1.807, 2.05) is 22.4 Å². The molecule has 0 aromatic carbocycles. The fourth-order valence-corrected chi connectivity index (χ4v) is 3.51. The lowest BCUT2D eigenvalue weighted by atomic mass is 9.97. The number of nitrogens with zero attached hydrogens (tertiary/aromatic N) is 3. The van der Waals surface area contributed by atoms with Gasteiger partial charge >= 0.3 is 0 Å². The van der Waals surface area contributed by atoms with E-state index < -0.39 is 0 Å². The monoisotopic (exact) mass is 316 g/mol. The number of piperidine rings is 1. The maximum Gasteiger partial charge on any atom is 0.228 e. The lowest BCUT2D eigenvalue weighted by Gasteiger charge is -2.31. The van der Waals surface area contributed by atoms with Gasteiger partial charge in [-0.05, 0) is 37.4 Å². The van der Waals surface area contributed by atoms with Crippen molar-refractivity contribution in [1.82, 2.24) is 14.9 Å². The van der Waals surface area contributed by atoms with E-state index >= 15 is 0 Å². The summed E-state index contributed by atoms with van der Waals surface area (Å²) in [5.41, 5.74) is 7.53. The number of carbonyl (C=O) groups is 1. The summed E-state index contributed by atoms with van der Waals surface area (Å²) >= 11 is 1.56. The van der Waals surface area contributed by atoms with Crippen LogP contribution >= 0.6 is 11.3 Å². The van der Waals surface area contributed by atoms with Crippen molar-refractivity contribution in [2.75, 3.05) is 19.6 Å². The number of likely N-dealkylation sites (tertiary alicyclic amines) is 1. The average molecular weight is 316 g/mol. The molecule has 0 aliphatic carbocycles. The molecule has 3 rings (SSSR count). The van der Waals surface area contributed by atoms with Gasteiger partial charge in [0.05, 0.1) is 12.1 Å². The molecule has 3 heterocycles. The molecule has 1 saturated heterocycles. The molecule has 22 heavy (non-hydrogen) atoms. The van der Waals surface area contributed by atoms with Gasteiger partial charge in [0.1, 0.15) is 5.01 Å². The van der Waals surface area contributed by atoms with Gasteiger partial charge in [0, 0.05) is 36.4 Å². The standard InChI is InChI=1S/C16H20N4OS/c17-9-12-3-6-20(7-4-12)15(21)8-14-11-22-16(19-14)13-2-1-5-18-10-13/h1-2,5,10-12H,3-4,6-9,17H2. The number of hydrogen-bond donors (Lipinski definition) is 1. The van der Waals surface area contributed by atoms with Crippen molar-refractivity contribution >= 4 is 17.2 Å². The largest absolute Gasteiger partial charge is 0.342 e. The first kappa shape index (κ1) is 15.1. The van der Waals surface area contributed by atoms with Gasteiger partial charge in [-0.15, -0.1) is 11.3 Å². The Hall–Kier alpha value is -1.79. The van der Waals surface area contributed by atoms with Crippen LogP contribution in [0.5, 0.6) is 0 Å². The second-order valence-electron chi connectivity index (χ2n) is 5.62. The summed E-state index contributed by atoms with van der Waals surface area (Å²) in [4.78, 5) is 23.0. The molecule has 2 N–H and O–H groups in total. The molecule has 0 spiro atoms. The first-order valence-electron chi connectivity index (χ1n) is 7.59. The number of nitrogens with two attached hydrogens (primary N) is 1. The maximum atomic E-state index is 12.4. The smallest absolute Gasteiger partial charge is 0.228 e. The Bertz CT molecular complexity index is 620. The van der Waals surface area contributed by atoms with Crippen LogP contribution in [0, 0.1) is 5.92 Å². The Labute approximate surface area is 134 Å². The van der Waals surface area contributed by atoms with E-state index in [2.05, 4.69) is 9.97 Å². The van der Waals surface area contributed by atoms with E-state index in [1.54, 1.807) is 23.7 Å². The van der Waals surface area contributed by atoms with E-state index in [0.29, 0.717) is 12.3 Å². The van der Waals surface area contributed by atoms with E-state index in [9.17, 15) is 4.79 Å². The van der Waals surface area contributed by atoms with Crippen molar-refractivity contribution in [3.8, 4) is 10.6 Å². The highest BCUT2D eigenvalue weighted by molar-refractivity contribution is 7.13. The summed E-state index contributed by atoms with van der Waals surface area (Å²) in [5.74, 6) is 0.735. The molecule has 0 unspecified atom stereocenters. The lowest BCUT2D eigenvalue weighted by Crippen LogP contribution is -2.40. The molecule has 1 amide bonds. The Morgan fingerprint density at radius 3 is 2.91 bits per heavy atom. The van der Waals surface area contributed by atoms with E-state index in [-0.39, 0.29) is 5.91 Å². The van der Waals surface area contributed by atoms with Crippen molar-refractivity contribution in [1.29, 1.82) is 0 Å². The summed E-state index contributed by atoms with van der Waals surface area (Å²) in [6, 6.07) is 3.87. The van der Waals surface area contributed by atoms with Crippen LogP contribution in [0.4, 0.5) is 0 Å². The normalized spacial score (nSPS) is 16.0. The Morgan fingerprint density at radius 1 is 1.41 bits per heavy atom. The SMILES string of the molecule is NCC1CCN(C(=O)Cc2csc(-c3cccnc3)n2)CC1. The van der Waals surface area contributed by atoms with Gasteiger partial charge in [0.25, 0.3) is 0 Å². The molecule has 1 aliphatic rings. The first-order chi connectivity index (χ1) is 10.8. The van der Waals surface area contributed by atoms with Gasteiger partial charge in [-0.1, -0.05) is 0 Å². The van der Waals surface area contributed by atoms with Gasteiger partial charge in [-0.3, -0.25) is 9.78 Å². The van der Waals surface area contributed by atoms with Crippen molar-refractivity contribution in [2.45, 2.75) is 19.3 Å². The predicted molar refractivity (Wildman–Crippen MR) is 87.4 cm³/mol. The highest BCUT2D eigenvalue weighted by Crippen LogP contribution is 2.23. The second-order valence-corrected chi connectivity index (χ2v) is 6.48. The molecule has 0 radical (unpaired) electrons. The average Bonchev–Trinajstić information content (AvgIpc) is 3.04. The number of aromatic nitrogens is 2. The highest BCUT2D eigenvalue weighted by atomic mass is 32.1. The number of rotatable bonds is 4. The molecule has 1 fully saturated rings. The summed E-state index contributed by atoms with van der Waals surface area (Å²) in [6.45, 7) is 2.36.